The van der Waals surface area contributed by atoms with Crippen LogP contribution in [-0.2, 0) is 14.9 Å². The molecule has 1 saturated heterocycles. The Labute approximate surface area is 140 Å². The van der Waals surface area contributed by atoms with E-state index < -0.39 is 0 Å². The first-order chi connectivity index (χ1) is 11.6. The summed E-state index contributed by atoms with van der Waals surface area (Å²) in [5, 5.41) is 0. The summed E-state index contributed by atoms with van der Waals surface area (Å²) >= 11 is 0. The van der Waals surface area contributed by atoms with Crippen LogP contribution < -0.4 is 4.90 Å². The largest absolute Gasteiger partial charge is 0.453 e. The molecule has 1 aromatic rings. The molecule has 0 saturated carbocycles. The van der Waals surface area contributed by atoms with Crippen LogP contribution in [0.5, 0.6) is 0 Å². The lowest BCUT2D eigenvalue weighted by Gasteiger charge is -2.42. The maximum Gasteiger partial charge on any atom is 0.414 e. The first kappa shape index (κ1) is 15.1. The molecular weight excluding hydrogens is 308 g/mol. The highest BCUT2D eigenvalue weighted by molar-refractivity contribution is 5.93. The first-order valence-electron chi connectivity index (χ1n) is 8.13. The van der Waals surface area contributed by atoms with Crippen molar-refractivity contribution in [3.05, 3.63) is 42.0 Å². The minimum atomic E-state index is -0.369. The second-order valence-corrected chi connectivity index (χ2v) is 6.44. The van der Waals surface area contributed by atoms with E-state index in [2.05, 4.69) is 18.2 Å². The SMILES string of the molecule is COC(=O)N1CC[C@]23c4ccccc4N(C(=O)OC)[C@H]2C=CC[C@H]13. The third-order valence-corrected chi connectivity index (χ3v) is 5.67. The predicted molar refractivity (Wildman–Crippen MR) is 88.1 cm³/mol. The van der Waals surface area contributed by atoms with Crippen LogP contribution in [0.25, 0.3) is 0 Å². The number of nitrogens with zero attached hydrogens (tertiary/aromatic N) is 2. The average molecular weight is 328 g/mol. The minimum Gasteiger partial charge on any atom is -0.453 e. The molecule has 0 N–H and O–H groups in total. The molecule has 3 aliphatic rings. The molecule has 2 heterocycles. The standard InChI is InChI=1S/C18H20N2O4/c1-23-16(21)19-11-10-18-12-6-3-4-7-13(12)20(17(22)24-2)15(18)9-5-8-14(18)19/h3-7,9,14-15H,8,10-11H2,1-2H3/t14-,15-,18+/m0/s1. The van der Waals surface area contributed by atoms with Gasteiger partial charge in [0.25, 0.3) is 0 Å². The lowest BCUT2D eigenvalue weighted by Crippen LogP contribution is -2.55. The zero-order valence-corrected chi connectivity index (χ0v) is 13.8. The van der Waals surface area contributed by atoms with E-state index in [1.165, 1.54) is 14.2 Å². The molecule has 0 unspecified atom stereocenters. The number of likely N-dealkylation sites (tertiary alicyclic amines) is 1. The Morgan fingerprint density at radius 3 is 2.67 bits per heavy atom. The number of para-hydroxylation sites is 1. The number of rotatable bonds is 0. The molecule has 126 valence electrons. The maximum atomic E-state index is 12.5. The molecular formula is C18H20N2O4. The molecule has 3 atom stereocenters. The van der Waals surface area contributed by atoms with Gasteiger partial charge in [-0.3, -0.25) is 4.90 Å². The summed E-state index contributed by atoms with van der Waals surface area (Å²) in [6.45, 7) is 0.624. The van der Waals surface area contributed by atoms with Crippen molar-refractivity contribution in [3.63, 3.8) is 0 Å². The van der Waals surface area contributed by atoms with Crippen LogP contribution in [0.2, 0.25) is 0 Å². The van der Waals surface area contributed by atoms with E-state index in [4.69, 9.17) is 9.47 Å². The quantitative estimate of drug-likeness (QED) is 0.687. The number of fused-ring (bicyclic) bond motifs is 1. The molecule has 1 fully saturated rings. The molecule has 4 rings (SSSR count). The molecule has 1 aliphatic carbocycles. The summed E-state index contributed by atoms with van der Waals surface area (Å²) in [5.74, 6) is 0. The summed E-state index contributed by atoms with van der Waals surface area (Å²) in [6.07, 6.45) is 5.01. The summed E-state index contributed by atoms with van der Waals surface area (Å²) < 4.78 is 10.00. The number of hydrogen-bond acceptors (Lipinski definition) is 4. The topological polar surface area (TPSA) is 59.1 Å². The Balaban J connectivity index is 1.88. The number of carbonyl (C=O) groups is 2. The Bertz CT molecular complexity index is 731. The van der Waals surface area contributed by atoms with E-state index in [1.807, 2.05) is 18.2 Å². The Morgan fingerprint density at radius 2 is 1.92 bits per heavy atom. The Morgan fingerprint density at radius 1 is 1.17 bits per heavy atom. The summed E-state index contributed by atoms with van der Waals surface area (Å²) in [6, 6.07) is 7.77. The zero-order chi connectivity index (χ0) is 16.9. The molecule has 2 amide bonds. The van der Waals surface area contributed by atoms with Crippen molar-refractivity contribution in [2.45, 2.75) is 30.3 Å². The smallest absolute Gasteiger partial charge is 0.414 e. The average Bonchev–Trinajstić information content (AvgIpc) is 3.15. The molecule has 1 spiro atoms. The lowest BCUT2D eigenvalue weighted by atomic mass is 9.67. The second kappa shape index (κ2) is 5.26. The number of methoxy groups -OCH3 is 2. The number of ether oxygens (including phenoxy) is 2. The van der Waals surface area contributed by atoms with Crippen molar-refractivity contribution in [1.29, 1.82) is 0 Å². The van der Waals surface area contributed by atoms with Crippen LogP contribution in [-0.4, -0.2) is 49.9 Å². The van der Waals surface area contributed by atoms with Gasteiger partial charge in [0.15, 0.2) is 0 Å². The molecule has 0 aromatic heterocycles. The lowest BCUT2D eigenvalue weighted by molar-refractivity contribution is 0.108. The van der Waals surface area contributed by atoms with E-state index in [0.29, 0.717) is 6.54 Å². The monoisotopic (exact) mass is 328 g/mol. The molecule has 2 aliphatic heterocycles. The van der Waals surface area contributed by atoms with Crippen molar-refractivity contribution >= 4 is 17.9 Å². The Kier molecular flexibility index (Phi) is 3.30. The number of anilines is 1. The van der Waals surface area contributed by atoms with Gasteiger partial charge in [-0.2, -0.15) is 0 Å². The molecule has 0 radical (unpaired) electrons. The summed E-state index contributed by atoms with van der Waals surface area (Å²) in [4.78, 5) is 28.2. The summed E-state index contributed by atoms with van der Waals surface area (Å²) in [7, 11) is 2.81. The van der Waals surface area contributed by atoms with Crippen molar-refractivity contribution in [2.24, 2.45) is 0 Å². The second-order valence-electron chi connectivity index (χ2n) is 6.44. The van der Waals surface area contributed by atoms with Crippen LogP contribution in [0.4, 0.5) is 15.3 Å². The van der Waals surface area contributed by atoms with Gasteiger partial charge in [-0.15, -0.1) is 0 Å². The van der Waals surface area contributed by atoms with Gasteiger partial charge in [0, 0.05) is 12.0 Å². The minimum absolute atomic E-state index is 0.0178. The van der Waals surface area contributed by atoms with Gasteiger partial charge in [0.05, 0.1) is 32.0 Å². The molecule has 24 heavy (non-hydrogen) atoms. The number of amides is 2. The van der Waals surface area contributed by atoms with Crippen LogP contribution in [0.1, 0.15) is 18.4 Å². The van der Waals surface area contributed by atoms with Crippen molar-refractivity contribution < 1.29 is 19.1 Å². The van der Waals surface area contributed by atoms with Gasteiger partial charge in [-0.05, 0) is 24.5 Å². The van der Waals surface area contributed by atoms with Gasteiger partial charge < -0.3 is 14.4 Å². The van der Waals surface area contributed by atoms with Gasteiger partial charge in [0.1, 0.15) is 0 Å². The van der Waals surface area contributed by atoms with Gasteiger partial charge in [-0.1, -0.05) is 30.4 Å². The van der Waals surface area contributed by atoms with Crippen LogP contribution >= 0.6 is 0 Å². The molecule has 0 bridgehead atoms. The van der Waals surface area contributed by atoms with E-state index in [9.17, 15) is 9.59 Å². The van der Waals surface area contributed by atoms with E-state index in [1.54, 1.807) is 9.80 Å². The van der Waals surface area contributed by atoms with Crippen molar-refractivity contribution in [3.8, 4) is 0 Å². The van der Waals surface area contributed by atoms with Crippen LogP contribution in [0.15, 0.2) is 36.4 Å². The normalized spacial score (nSPS) is 29.8. The van der Waals surface area contributed by atoms with Gasteiger partial charge in [0.2, 0.25) is 0 Å². The summed E-state index contributed by atoms with van der Waals surface area (Å²) in [5.41, 5.74) is 1.69. The molecule has 1 aromatic carbocycles. The van der Waals surface area contributed by atoms with Gasteiger partial charge >= 0.3 is 12.2 Å². The van der Waals surface area contributed by atoms with Gasteiger partial charge in [-0.25, -0.2) is 9.59 Å². The highest BCUT2D eigenvalue weighted by atomic mass is 16.5. The molecule has 6 nitrogen and oxygen atoms in total. The zero-order valence-electron chi connectivity index (χ0n) is 13.8. The third-order valence-electron chi connectivity index (χ3n) is 5.67. The van der Waals surface area contributed by atoms with Crippen molar-refractivity contribution in [2.75, 3.05) is 25.7 Å². The fourth-order valence-corrected chi connectivity index (χ4v) is 4.76. The fraction of sp³-hybridized carbons (Fsp3) is 0.444. The highest BCUT2D eigenvalue weighted by Gasteiger charge is 2.62. The van der Waals surface area contributed by atoms with Crippen LogP contribution in [0.3, 0.4) is 0 Å². The number of benzene rings is 1. The van der Waals surface area contributed by atoms with E-state index >= 15 is 0 Å². The third kappa shape index (κ3) is 1.71. The first-order valence-corrected chi connectivity index (χ1v) is 8.13. The Hall–Kier alpha value is -2.50. The van der Waals surface area contributed by atoms with Crippen LogP contribution in [0, 0.1) is 0 Å². The van der Waals surface area contributed by atoms with E-state index in [0.717, 1.165) is 24.1 Å². The highest BCUT2D eigenvalue weighted by Crippen LogP contribution is 2.56. The van der Waals surface area contributed by atoms with E-state index in [-0.39, 0.29) is 29.7 Å². The number of carbonyl (C=O) groups excluding carboxylic acids is 2. The predicted octanol–water partition coefficient (Wildman–Crippen LogP) is 2.68. The maximum absolute atomic E-state index is 12.5. The van der Waals surface area contributed by atoms with Crippen molar-refractivity contribution in [1.82, 2.24) is 4.90 Å². The fourth-order valence-electron chi connectivity index (χ4n) is 4.76. The molecule has 6 heteroatoms. The number of hydrogen-bond donors (Lipinski definition) is 0.